The third kappa shape index (κ3) is 2.21. The highest BCUT2D eigenvalue weighted by atomic mass is 127. The summed E-state index contributed by atoms with van der Waals surface area (Å²) < 4.78 is 1.85. The molecular formula is C7H5ClIN4P. The highest BCUT2D eigenvalue weighted by Gasteiger charge is 2.03. The van der Waals surface area contributed by atoms with Gasteiger partial charge in [-0.05, 0) is 39.7 Å². The zero-order chi connectivity index (χ0) is 9.97. The molecule has 4 nitrogen and oxygen atoms in total. The van der Waals surface area contributed by atoms with Crippen molar-refractivity contribution in [1.29, 1.82) is 0 Å². The first-order chi connectivity index (χ1) is 6.79. The van der Waals surface area contributed by atoms with Crippen LogP contribution in [0.3, 0.4) is 0 Å². The molecule has 2 rings (SSSR count). The van der Waals surface area contributed by atoms with E-state index in [2.05, 4.69) is 37.1 Å². The Morgan fingerprint density at radius 1 is 1.50 bits per heavy atom. The van der Waals surface area contributed by atoms with Gasteiger partial charge in [0.2, 0.25) is 5.28 Å². The summed E-state index contributed by atoms with van der Waals surface area (Å²) in [5.41, 5.74) is 1.75. The summed E-state index contributed by atoms with van der Waals surface area (Å²) in [6.45, 7) is 0. The van der Waals surface area contributed by atoms with Gasteiger partial charge in [-0.25, -0.2) is 14.4 Å². The van der Waals surface area contributed by atoms with Crippen LogP contribution < -0.4 is 0 Å². The summed E-state index contributed by atoms with van der Waals surface area (Å²) in [7, 11) is 0. The van der Waals surface area contributed by atoms with E-state index in [4.69, 9.17) is 11.6 Å². The zero-order valence-electron chi connectivity index (χ0n) is 6.85. The maximum atomic E-state index is 5.69. The van der Waals surface area contributed by atoms with E-state index in [9.17, 15) is 0 Å². The molecule has 0 aromatic carbocycles. The van der Waals surface area contributed by atoms with Crippen molar-refractivity contribution in [3.8, 4) is 11.3 Å². The fourth-order valence-corrected chi connectivity index (χ4v) is 2.23. The summed E-state index contributed by atoms with van der Waals surface area (Å²) in [5, 5.41) is 4.42. The molecule has 0 saturated carbocycles. The van der Waals surface area contributed by atoms with Crippen LogP contribution in [0.25, 0.3) is 11.3 Å². The quantitative estimate of drug-likeness (QED) is 0.480. The lowest BCUT2D eigenvalue weighted by Gasteiger charge is -1.94. The highest BCUT2D eigenvalue weighted by molar-refractivity contribution is 14.2. The summed E-state index contributed by atoms with van der Waals surface area (Å²) in [6, 6.07) is 1.81. The molecule has 0 bridgehead atoms. The Morgan fingerprint density at radius 3 is 3.00 bits per heavy atom. The van der Waals surface area contributed by atoms with Crippen molar-refractivity contribution in [2.75, 3.05) is 0 Å². The molecule has 0 spiro atoms. The molecule has 1 atom stereocenters. The van der Waals surface area contributed by atoms with Gasteiger partial charge in [-0.1, -0.05) is 0 Å². The molecule has 0 N–H and O–H groups in total. The van der Waals surface area contributed by atoms with E-state index in [1.807, 2.05) is 16.7 Å². The van der Waals surface area contributed by atoms with E-state index >= 15 is 0 Å². The molecule has 0 saturated heterocycles. The molecule has 0 aliphatic heterocycles. The summed E-state index contributed by atoms with van der Waals surface area (Å²) in [5.74, 6) is 0. The predicted molar refractivity (Wildman–Crippen MR) is 66.0 cm³/mol. The summed E-state index contributed by atoms with van der Waals surface area (Å²) >= 11 is 7.95. The lowest BCUT2D eigenvalue weighted by molar-refractivity contribution is 1.01. The van der Waals surface area contributed by atoms with Gasteiger partial charge in [0.15, 0.2) is 0 Å². The van der Waals surface area contributed by atoms with E-state index in [0.717, 1.165) is 11.3 Å². The Kier molecular flexibility index (Phi) is 3.30. The second-order valence-electron chi connectivity index (χ2n) is 2.47. The molecule has 2 heterocycles. The molecule has 2 aromatic heterocycles. The van der Waals surface area contributed by atoms with Gasteiger partial charge in [0, 0.05) is 18.0 Å². The van der Waals surface area contributed by atoms with Crippen LogP contribution in [0.5, 0.6) is 0 Å². The van der Waals surface area contributed by atoms with E-state index in [1.54, 1.807) is 12.4 Å². The van der Waals surface area contributed by atoms with Gasteiger partial charge in [-0.2, -0.15) is 5.10 Å². The molecule has 0 radical (unpaired) electrons. The van der Waals surface area contributed by atoms with Gasteiger partial charge in [-0.3, -0.25) is 0 Å². The molecule has 2 aromatic rings. The lowest BCUT2D eigenvalue weighted by Crippen LogP contribution is -1.84. The van der Waals surface area contributed by atoms with Crippen LogP contribution in [0.1, 0.15) is 0 Å². The van der Waals surface area contributed by atoms with Crippen molar-refractivity contribution >= 4 is 40.0 Å². The molecule has 0 aliphatic rings. The lowest BCUT2D eigenvalue weighted by atomic mass is 10.2. The maximum Gasteiger partial charge on any atom is 0.222 e. The first-order valence-electron chi connectivity index (χ1n) is 3.70. The zero-order valence-corrected chi connectivity index (χ0v) is 10.8. The second-order valence-corrected chi connectivity index (χ2v) is 4.88. The minimum atomic E-state index is 0.257. The average molecular weight is 338 g/mol. The largest absolute Gasteiger partial charge is 0.245 e. The molecule has 0 aliphatic carbocycles. The summed E-state index contributed by atoms with van der Waals surface area (Å²) in [4.78, 5) is 7.91. The normalized spacial score (nSPS) is 11.3. The monoisotopic (exact) mass is 338 g/mol. The number of halogens is 2. The minimum Gasteiger partial charge on any atom is -0.245 e. The van der Waals surface area contributed by atoms with Gasteiger partial charge in [-0.15, -0.1) is 0 Å². The number of hydrogen-bond donors (Lipinski definition) is 0. The van der Waals surface area contributed by atoms with Crippen LogP contribution in [0.4, 0.5) is 0 Å². The fourth-order valence-electron chi connectivity index (χ4n) is 0.997. The van der Waals surface area contributed by atoms with Crippen molar-refractivity contribution in [2.24, 2.45) is 0 Å². The predicted octanol–water partition coefficient (Wildman–Crippen LogP) is 2.79. The number of rotatable bonds is 2. The van der Waals surface area contributed by atoms with Crippen LogP contribution >= 0.6 is 40.0 Å². The average Bonchev–Trinajstić information content (AvgIpc) is 2.66. The van der Waals surface area contributed by atoms with E-state index in [-0.39, 0.29) is 5.28 Å². The van der Waals surface area contributed by atoms with Crippen molar-refractivity contribution in [2.45, 2.75) is 0 Å². The third-order valence-electron chi connectivity index (χ3n) is 1.59. The van der Waals surface area contributed by atoms with Crippen LogP contribution in [-0.2, 0) is 0 Å². The smallest absolute Gasteiger partial charge is 0.222 e. The molecule has 1 unspecified atom stereocenters. The Morgan fingerprint density at radius 2 is 2.36 bits per heavy atom. The molecule has 72 valence electrons. The van der Waals surface area contributed by atoms with Gasteiger partial charge < -0.3 is 0 Å². The molecule has 0 amide bonds. The maximum absolute atomic E-state index is 5.69. The van der Waals surface area contributed by atoms with E-state index in [0.29, 0.717) is 6.37 Å². The first kappa shape index (κ1) is 10.3. The van der Waals surface area contributed by atoms with Gasteiger partial charge in [0.25, 0.3) is 0 Å². The Hall–Kier alpha value is -0.260. The van der Waals surface area contributed by atoms with Crippen molar-refractivity contribution in [3.63, 3.8) is 0 Å². The van der Waals surface area contributed by atoms with E-state index < -0.39 is 0 Å². The molecule has 7 heteroatoms. The third-order valence-corrected chi connectivity index (χ3v) is 3.67. The standard InChI is InChI=1S/C7H5ClIN4P/c8-7-10-2-1-6(12-7)5-3-11-13(4-5)14-9/h1-4,14H. The topological polar surface area (TPSA) is 43.6 Å². The number of hydrogen-bond acceptors (Lipinski definition) is 3. The van der Waals surface area contributed by atoms with Gasteiger partial charge in [0.05, 0.1) is 18.3 Å². The Balaban J connectivity index is 2.39. The molecule has 14 heavy (non-hydrogen) atoms. The minimum absolute atomic E-state index is 0.257. The second kappa shape index (κ2) is 4.51. The van der Waals surface area contributed by atoms with E-state index in [1.165, 1.54) is 0 Å². The first-order valence-corrected chi connectivity index (χ1v) is 8.14. The van der Waals surface area contributed by atoms with Crippen molar-refractivity contribution in [1.82, 2.24) is 19.5 Å². The van der Waals surface area contributed by atoms with Crippen LogP contribution in [0.15, 0.2) is 24.7 Å². The van der Waals surface area contributed by atoms with Gasteiger partial charge >= 0.3 is 0 Å². The highest BCUT2D eigenvalue weighted by Crippen LogP contribution is 2.25. The number of aromatic nitrogens is 4. The Bertz CT molecular complexity index is 447. The Labute approximate surface area is 100 Å². The number of nitrogens with zero attached hydrogens (tertiary/aromatic N) is 4. The van der Waals surface area contributed by atoms with Crippen LogP contribution in [0.2, 0.25) is 5.28 Å². The summed E-state index contributed by atoms with van der Waals surface area (Å²) in [6.07, 6.45) is 5.93. The van der Waals surface area contributed by atoms with Crippen molar-refractivity contribution in [3.05, 3.63) is 29.9 Å². The molecular weight excluding hydrogens is 333 g/mol. The van der Waals surface area contributed by atoms with Crippen LogP contribution in [-0.4, -0.2) is 19.5 Å². The molecule has 0 fully saturated rings. The fraction of sp³-hybridized carbons (Fsp3) is 0. The van der Waals surface area contributed by atoms with Gasteiger partial charge in [0.1, 0.15) is 0 Å². The SMILES string of the molecule is Clc1nccc(-c2cnn(PI)c2)n1. The van der Waals surface area contributed by atoms with Crippen molar-refractivity contribution < 1.29 is 0 Å². The van der Waals surface area contributed by atoms with Crippen LogP contribution in [0, 0.1) is 0 Å².